The summed E-state index contributed by atoms with van der Waals surface area (Å²) < 4.78 is 3.84. The molecule has 3 aromatic heterocycles. The maximum absolute atomic E-state index is 6.03. The molecule has 3 heterocycles. The fraction of sp³-hybridized carbons (Fsp3) is 0.385. The van der Waals surface area contributed by atoms with Crippen LogP contribution in [0.1, 0.15) is 24.0 Å². The second kappa shape index (κ2) is 4.59. The van der Waals surface area contributed by atoms with E-state index in [9.17, 15) is 0 Å². The van der Waals surface area contributed by atoms with E-state index in [1.807, 2.05) is 30.0 Å². The van der Waals surface area contributed by atoms with Gasteiger partial charge in [-0.2, -0.15) is 5.10 Å². The molecule has 3 aromatic rings. The molecule has 0 unspecified atom stereocenters. The zero-order chi connectivity index (χ0) is 14.3. The Kier molecular flexibility index (Phi) is 2.89. The zero-order valence-electron chi connectivity index (χ0n) is 11.8. The molecule has 0 bridgehead atoms. The topological polar surface area (TPSA) is 87.4 Å². The van der Waals surface area contributed by atoms with Crippen LogP contribution >= 0.6 is 0 Å². The van der Waals surface area contributed by atoms with E-state index in [0.29, 0.717) is 12.5 Å². The third-order valence-electron chi connectivity index (χ3n) is 3.28. The van der Waals surface area contributed by atoms with E-state index >= 15 is 0 Å². The molecule has 0 saturated carbocycles. The van der Waals surface area contributed by atoms with Crippen LogP contribution < -0.4 is 5.73 Å². The Balaban J connectivity index is 2.10. The Morgan fingerprint density at radius 1 is 1.20 bits per heavy atom. The summed E-state index contributed by atoms with van der Waals surface area (Å²) in [5, 5.41) is 4.47. The SMILES string of the molecule is CCn1nc(C)c2nc(N)n(Cc3cnc(C)cn3)c21. The summed E-state index contributed by atoms with van der Waals surface area (Å²) in [6, 6.07) is 0. The first-order valence-corrected chi connectivity index (χ1v) is 6.56. The van der Waals surface area contributed by atoms with Gasteiger partial charge in [0.15, 0.2) is 5.65 Å². The number of imidazole rings is 1. The molecule has 20 heavy (non-hydrogen) atoms. The molecule has 0 aliphatic heterocycles. The molecule has 7 heteroatoms. The molecule has 2 N–H and O–H groups in total. The summed E-state index contributed by atoms with van der Waals surface area (Å²) in [6.45, 7) is 7.22. The monoisotopic (exact) mass is 271 g/mol. The number of aromatic nitrogens is 6. The number of rotatable bonds is 3. The number of aryl methyl sites for hydroxylation is 3. The number of fused-ring (bicyclic) bond motifs is 1. The van der Waals surface area contributed by atoms with Crippen LogP contribution in [0.3, 0.4) is 0 Å². The highest BCUT2D eigenvalue weighted by Gasteiger charge is 2.17. The average Bonchev–Trinajstić information content (AvgIpc) is 2.91. The summed E-state index contributed by atoms with van der Waals surface area (Å²) >= 11 is 0. The molecule has 0 spiro atoms. The van der Waals surface area contributed by atoms with E-state index in [4.69, 9.17) is 5.73 Å². The van der Waals surface area contributed by atoms with Crippen molar-refractivity contribution in [3.8, 4) is 0 Å². The van der Waals surface area contributed by atoms with Gasteiger partial charge in [0.05, 0.1) is 29.8 Å². The van der Waals surface area contributed by atoms with Gasteiger partial charge < -0.3 is 5.73 Å². The lowest BCUT2D eigenvalue weighted by molar-refractivity contribution is 0.645. The molecular weight excluding hydrogens is 254 g/mol. The van der Waals surface area contributed by atoms with Gasteiger partial charge in [-0.15, -0.1) is 0 Å². The Morgan fingerprint density at radius 2 is 2.00 bits per heavy atom. The van der Waals surface area contributed by atoms with Gasteiger partial charge in [0.2, 0.25) is 5.95 Å². The predicted octanol–water partition coefficient (Wildman–Crippen LogP) is 1.29. The molecule has 0 aliphatic carbocycles. The minimum atomic E-state index is 0.477. The van der Waals surface area contributed by atoms with Crippen molar-refractivity contribution in [2.24, 2.45) is 0 Å². The predicted molar refractivity (Wildman–Crippen MR) is 76.2 cm³/mol. The van der Waals surface area contributed by atoms with Gasteiger partial charge >= 0.3 is 0 Å². The third-order valence-corrected chi connectivity index (χ3v) is 3.28. The first-order chi connectivity index (χ1) is 9.60. The molecule has 0 saturated heterocycles. The average molecular weight is 271 g/mol. The van der Waals surface area contributed by atoms with Crippen LogP contribution in [0.5, 0.6) is 0 Å². The van der Waals surface area contributed by atoms with E-state index in [0.717, 1.165) is 34.8 Å². The number of nitrogen functional groups attached to an aromatic ring is 1. The molecule has 0 aromatic carbocycles. The van der Waals surface area contributed by atoms with Gasteiger partial charge in [0.25, 0.3) is 0 Å². The van der Waals surface area contributed by atoms with Crippen LogP contribution in [-0.2, 0) is 13.1 Å². The minimum Gasteiger partial charge on any atom is -0.369 e. The van der Waals surface area contributed by atoms with Gasteiger partial charge in [-0.25, -0.2) is 9.67 Å². The third kappa shape index (κ3) is 1.91. The van der Waals surface area contributed by atoms with E-state index in [-0.39, 0.29) is 0 Å². The Bertz CT molecular complexity index is 751. The van der Waals surface area contributed by atoms with Crippen molar-refractivity contribution in [1.82, 2.24) is 29.3 Å². The lowest BCUT2D eigenvalue weighted by atomic mass is 10.4. The van der Waals surface area contributed by atoms with Crippen molar-refractivity contribution < 1.29 is 0 Å². The van der Waals surface area contributed by atoms with Crippen LogP contribution in [0.25, 0.3) is 11.2 Å². The van der Waals surface area contributed by atoms with Crippen LogP contribution in [-0.4, -0.2) is 29.3 Å². The normalized spacial score (nSPS) is 11.3. The van der Waals surface area contributed by atoms with Crippen molar-refractivity contribution >= 4 is 17.1 Å². The van der Waals surface area contributed by atoms with Crippen molar-refractivity contribution in [3.63, 3.8) is 0 Å². The quantitative estimate of drug-likeness (QED) is 0.775. The first-order valence-electron chi connectivity index (χ1n) is 6.56. The second-order valence-electron chi connectivity index (χ2n) is 4.78. The second-order valence-corrected chi connectivity index (χ2v) is 4.78. The van der Waals surface area contributed by atoms with E-state index in [1.54, 1.807) is 12.4 Å². The number of nitrogens with two attached hydrogens (primary N) is 1. The molecule has 104 valence electrons. The molecule has 3 rings (SSSR count). The lowest BCUT2D eigenvalue weighted by Gasteiger charge is -2.07. The van der Waals surface area contributed by atoms with Crippen molar-refractivity contribution in [3.05, 3.63) is 29.5 Å². The van der Waals surface area contributed by atoms with Crippen molar-refractivity contribution in [1.29, 1.82) is 0 Å². The zero-order valence-corrected chi connectivity index (χ0v) is 11.8. The number of nitrogens with zero attached hydrogens (tertiary/aromatic N) is 6. The van der Waals surface area contributed by atoms with Gasteiger partial charge in [-0.3, -0.25) is 14.5 Å². The molecule has 0 amide bonds. The van der Waals surface area contributed by atoms with E-state index in [1.165, 1.54) is 0 Å². The number of hydrogen-bond donors (Lipinski definition) is 1. The molecule has 0 aliphatic rings. The summed E-state index contributed by atoms with van der Waals surface area (Å²) in [5.41, 5.74) is 10.5. The summed E-state index contributed by atoms with van der Waals surface area (Å²) in [6.07, 6.45) is 3.52. The highest BCUT2D eigenvalue weighted by molar-refractivity contribution is 5.77. The number of hydrogen-bond acceptors (Lipinski definition) is 5. The van der Waals surface area contributed by atoms with Crippen molar-refractivity contribution in [2.45, 2.75) is 33.9 Å². The van der Waals surface area contributed by atoms with Crippen molar-refractivity contribution in [2.75, 3.05) is 5.73 Å². The molecule has 0 radical (unpaired) electrons. The van der Waals surface area contributed by atoms with Gasteiger partial charge in [-0.05, 0) is 20.8 Å². The van der Waals surface area contributed by atoms with Crippen LogP contribution in [0.2, 0.25) is 0 Å². The molecule has 0 fully saturated rings. The van der Waals surface area contributed by atoms with Gasteiger partial charge in [0.1, 0.15) is 5.52 Å². The van der Waals surface area contributed by atoms with E-state index in [2.05, 4.69) is 20.1 Å². The summed E-state index contributed by atoms with van der Waals surface area (Å²) in [4.78, 5) is 13.0. The smallest absolute Gasteiger partial charge is 0.202 e. The van der Waals surface area contributed by atoms with E-state index < -0.39 is 0 Å². The lowest BCUT2D eigenvalue weighted by Crippen LogP contribution is -2.10. The maximum atomic E-state index is 6.03. The standard InChI is InChI=1S/C13H17N7/c1-4-20-12-11(9(3)18-20)17-13(14)19(12)7-10-6-15-8(2)5-16-10/h5-6H,4,7H2,1-3H3,(H2,14,17). The maximum Gasteiger partial charge on any atom is 0.202 e. The van der Waals surface area contributed by atoms with Crippen LogP contribution in [0.15, 0.2) is 12.4 Å². The highest BCUT2D eigenvalue weighted by Crippen LogP contribution is 2.21. The fourth-order valence-corrected chi connectivity index (χ4v) is 2.28. The minimum absolute atomic E-state index is 0.477. The Hall–Kier alpha value is -2.44. The number of anilines is 1. The van der Waals surface area contributed by atoms with Crippen LogP contribution in [0, 0.1) is 13.8 Å². The summed E-state index contributed by atoms with van der Waals surface area (Å²) in [7, 11) is 0. The van der Waals surface area contributed by atoms with Gasteiger partial charge in [-0.1, -0.05) is 0 Å². The fourth-order valence-electron chi connectivity index (χ4n) is 2.28. The van der Waals surface area contributed by atoms with Crippen LogP contribution in [0.4, 0.5) is 5.95 Å². The highest BCUT2D eigenvalue weighted by atomic mass is 15.4. The molecule has 7 nitrogen and oxygen atoms in total. The first kappa shape index (κ1) is 12.6. The largest absolute Gasteiger partial charge is 0.369 e. The molecular formula is C13H17N7. The van der Waals surface area contributed by atoms with Gasteiger partial charge in [0, 0.05) is 12.7 Å². The Labute approximate surface area is 116 Å². The summed E-state index contributed by atoms with van der Waals surface area (Å²) in [5.74, 6) is 0.477. The molecule has 0 atom stereocenters. The Morgan fingerprint density at radius 3 is 2.65 bits per heavy atom.